The zero-order valence-corrected chi connectivity index (χ0v) is 47.9. The van der Waals surface area contributed by atoms with Crippen LogP contribution in [0.3, 0.4) is 0 Å². The summed E-state index contributed by atoms with van der Waals surface area (Å²) in [4.78, 5) is 48.5. The number of carbonyl (C=O) groups is 3. The fourth-order valence-corrected chi connectivity index (χ4v) is 8.59. The van der Waals surface area contributed by atoms with Crippen LogP contribution in [-0.2, 0) is 42.2 Å². The van der Waals surface area contributed by atoms with Crippen molar-refractivity contribution in [2.45, 2.75) is 264 Å². The van der Waals surface area contributed by atoms with Gasteiger partial charge in [0, 0.05) is 19.3 Å². The van der Waals surface area contributed by atoms with Crippen LogP contribution in [0.4, 0.5) is 0 Å². The van der Waals surface area contributed by atoms with Gasteiger partial charge in [-0.25, -0.2) is 4.57 Å². The molecule has 0 aromatic rings. The number of ether oxygens (including phenoxy) is 3. The van der Waals surface area contributed by atoms with E-state index in [1.165, 1.54) is 103 Å². The molecule has 0 aromatic heterocycles. The highest BCUT2D eigenvalue weighted by Crippen LogP contribution is 2.43. The molecule has 426 valence electrons. The van der Waals surface area contributed by atoms with Crippen molar-refractivity contribution in [1.82, 2.24) is 0 Å². The summed E-state index contributed by atoms with van der Waals surface area (Å²) < 4.78 is 39.4. The average Bonchev–Trinajstić information content (AvgIpc) is 3.39. The van der Waals surface area contributed by atoms with Crippen LogP contribution >= 0.6 is 7.82 Å². The Morgan fingerprint density at radius 3 is 1.20 bits per heavy atom. The Labute approximate surface area is 451 Å². The van der Waals surface area contributed by atoms with Gasteiger partial charge in [-0.3, -0.25) is 23.4 Å². The maximum Gasteiger partial charge on any atom is 0.472 e. The summed E-state index contributed by atoms with van der Waals surface area (Å²) >= 11 is 0. The van der Waals surface area contributed by atoms with Gasteiger partial charge in [-0.15, -0.1) is 0 Å². The van der Waals surface area contributed by atoms with Gasteiger partial charge >= 0.3 is 25.7 Å². The molecule has 0 fully saturated rings. The molecule has 0 rings (SSSR count). The van der Waals surface area contributed by atoms with Gasteiger partial charge in [-0.2, -0.15) is 0 Å². The lowest BCUT2D eigenvalue weighted by Crippen LogP contribution is -2.30. The van der Waals surface area contributed by atoms with Gasteiger partial charge < -0.3 is 24.2 Å². The number of aliphatic hydroxyl groups excluding tert-OH is 1. The molecule has 3 unspecified atom stereocenters. The van der Waals surface area contributed by atoms with Crippen molar-refractivity contribution in [2.24, 2.45) is 0 Å². The van der Waals surface area contributed by atoms with Crippen LogP contribution in [0.5, 0.6) is 0 Å². The number of phosphoric ester groups is 1. The van der Waals surface area contributed by atoms with Gasteiger partial charge in [0.05, 0.1) is 19.8 Å². The summed E-state index contributed by atoms with van der Waals surface area (Å²) in [6.07, 6.45) is 64.2. The standard InChI is InChI=1S/C62H107O11P/c1-4-7-10-13-16-19-22-25-27-28-29-30-32-34-36-39-42-45-48-51-60(64)69-55-59(73-62(66)53-50-47-44-41-38-35-31-26-23-20-17-14-11-8-5-2)57-71-74(67,68)70-56-58(54-63)72-61(65)52-49-46-43-40-37-33-24-21-18-15-12-9-6-3/h9,12,17-18,20-21,25-27,31,33,37,43,46,58-59,63H,4-8,10-11,13-16,19,22-24,28-30,32,34-36,38-42,44-45,47-57H2,1-3H3,(H,67,68)/b12-9-,20-17-,21-18-,27-25-,31-26-,37-33-,46-43-. The van der Waals surface area contributed by atoms with E-state index in [-0.39, 0.29) is 25.9 Å². The molecular weight excluding hydrogens is 952 g/mol. The van der Waals surface area contributed by atoms with Crippen molar-refractivity contribution in [3.63, 3.8) is 0 Å². The Morgan fingerprint density at radius 2 is 0.730 bits per heavy atom. The second-order valence-electron chi connectivity index (χ2n) is 19.4. The van der Waals surface area contributed by atoms with Gasteiger partial charge in [-0.1, -0.05) is 215 Å². The second-order valence-corrected chi connectivity index (χ2v) is 20.9. The third kappa shape index (κ3) is 53.5. The number of rotatable bonds is 54. The Kier molecular flexibility index (Phi) is 53.4. The second kappa shape index (κ2) is 55.9. The molecule has 3 atom stereocenters. The highest BCUT2D eigenvalue weighted by atomic mass is 31.2. The molecule has 0 heterocycles. The molecule has 0 saturated carbocycles. The van der Waals surface area contributed by atoms with Gasteiger partial charge in [0.1, 0.15) is 12.7 Å². The predicted octanol–water partition coefficient (Wildman–Crippen LogP) is 17.5. The number of esters is 3. The van der Waals surface area contributed by atoms with Gasteiger partial charge in [0.25, 0.3) is 0 Å². The van der Waals surface area contributed by atoms with E-state index in [9.17, 15) is 28.9 Å². The largest absolute Gasteiger partial charge is 0.472 e. The maximum atomic E-state index is 12.9. The summed E-state index contributed by atoms with van der Waals surface area (Å²) in [7, 11) is -4.77. The van der Waals surface area contributed by atoms with E-state index in [1.807, 2.05) is 12.2 Å². The number of phosphoric acid groups is 1. The smallest absolute Gasteiger partial charge is 0.462 e. The van der Waals surface area contributed by atoms with Crippen molar-refractivity contribution >= 4 is 25.7 Å². The molecule has 2 N–H and O–H groups in total. The third-order valence-electron chi connectivity index (χ3n) is 12.3. The molecule has 0 radical (unpaired) electrons. The van der Waals surface area contributed by atoms with E-state index in [2.05, 4.69) is 93.7 Å². The minimum Gasteiger partial charge on any atom is -0.462 e. The number of hydrogen-bond donors (Lipinski definition) is 2. The zero-order valence-electron chi connectivity index (χ0n) is 47.0. The van der Waals surface area contributed by atoms with E-state index < -0.39 is 57.8 Å². The van der Waals surface area contributed by atoms with E-state index in [0.717, 1.165) is 89.9 Å². The van der Waals surface area contributed by atoms with Crippen molar-refractivity contribution < 1.29 is 52.2 Å². The molecule has 0 aliphatic heterocycles. The fraction of sp³-hybridized carbons (Fsp3) is 0.726. The monoisotopic (exact) mass is 1060 g/mol. The quantitative estimate of drug-likeness (QED) is 0.0197. The topological polar surface area (TPSA) is 155 Å². The molecule has 12 heteroatoms. The number of unbranched alkanes of at least 4 members (excludes halogenated alkanes) is 23. The first-order valence-corrected chi connectivity index (χ1v) is 31.0. The maximum absolute atomic E-state index is 12.9. The number of aliphatic hydroxyl groups is 1. The molecule has 11 nitrogen and oxygen atoms in total. The average molecular weight is 1060 g/mol. The first-order chi connectivity index (χ1) is 36.2. The summed E-state index contributed by atoms with van der Waals surface area (Å²) in [6, 6.07) is 0. The lowest BCUT2D eigenvalue weighted by molar-refractivity contribution is -0.161. The van der Waals surface area contributed by atoms with Gasteiger partial charge in [0.2, 0.25) is 0 Å². The Hall–Kier alpha value is -3.34. The van der Waals surface area contributed by atoms with Crippen LogP contribution in [0.1, 0.15) is 252 Å². The first kappa shape index (κ1) is 70.7. The fourth-order valence-electron chi connectivity index (χ4n) is 7.81. The van der Waals surface area contributed by atoms with Crippen LogP contribution < -0.4 is 0 Å². The van der Waals surface area contributed by atoms with E-state index in [0.29, 0.717) is 19.3 Å². The predicted molar refractivity (Wildman–Crippen MR) is 307 cm³/mol. The van der Waals surface area contributed by atoms with Crippen molar-refractivity contribution in [3.05, 3.63) is 85.1 Å². The van der Waals surface area contributed by atoms with Crippen LogP contribution in [0.15, 0.2) is 85.1 Å². The van der Waals surface area contributed by atoms with Crippen molar-refractivity contribution in [1.29, 1.82) is 0 Å². The molecule has 0 amide bonds. The number of allylic oxidation sites excluding steroid dienone is 14. The van der Waals surface area contributed by atoms with Crippen LogP contribution in [0, 0.1) is 0 Å². The normalized spacial score (nSPS) is 14.0. The molecule has 0 aromatic carbocycles. The molecule has 0 saturated heterocycles. The Morgan fingerprint density at radius 1 is 0.392 bits per heavy atom. The third-order valence-corrected chi connectivity index (χ3v) is 13.2. The highest BCUT2D eigenvalue weighted by molar-refractivity contribution is 7.47. The highest BCUT2D eigenvalue weighted by Gasteiger charge is 2.28. The Balaban J connectivity index is 4.78. The van der Waals surface area contributed by atoms with Crippen LogP contribution in [0.25, 0.3) is 0 Å². The summed E-state index contributed by atoms with van der Waals surface area (Å²) in [6.45, 7) is 4.41. The Bertz CT molecular complexity index is 1560. The number of carbonyl (C=O) groups excluding carboxylic acids is 3. The molecule has 0 bridgehead atoms. The van der Waals surface area contributed by atoms with E-state index >= 15 is 0 Å². The SMILES string of the molecule is CC/C=C\C/C=C\C/C=C\C/C=C\CCC(=O)OC(CO)COP(=O)(O)OCC(COC(=O)CCCCCCCCCCC/C=C\CCCCCCCC)OC(=O)CCCCCCC/C=C\C/C=C\CCCCC. The van der Waals surface area contributed by atoms with Crippen LogP contribution in [-0.4, -0.2) is 66.5 Å². The minimum absolute atomic E-state index is 0.0525. The summed E-state index contributed by atoms with van der Waals surface area (Å²) in [5, 5.41) is 9.79. The van der Waals surface area contributed by atoms with E-state index in [4.69, 9.17) is 23.3 Å². The molecule has 0 aliphatic carbocycles. The lowest BCUT2D eigenvalue weighted by atomic mass is 10.1. The molecule has 74 heavy (non-hydrogen) atoms. The molecule has 0 aliphatic rings. The van der Waals surface area contributed by atoms with Gasteiger partial charge in [-0.05, 0) is 103 Å². The van der Waals surface area contributed by atoms with Crippen molar-refractivity contribution in [3.8, 4) is 0 Å². The first-order valence-electron chi connectivity index (χ1n) is 29.5. The van der Waals surface area contributed by atoms with Crippen LogP contribution in [0.2, 0.25) is 0 Å². The number of hydrogen-bond acceptors (Lipinski definition) is 10. The molecular formula is C62H107O11P. The van der Waals surface area contributed by atoms with Gasteiger partial charge in [0.15, 0.2) is 6.10 Å². The minimum atomic E-state index is -4.77. The lowest BCUT2D eigenvalue weighted by Gasteiger charge is -2.21. The summed E-state index contributed by atoms with van der Waals surface area (Å²) in [5.74, 6) is -1.57. The zero-order chi connectivity index (χ0) is 54.1. The van der Waals surface area contributed by atoms with Crippen molar-refractivity contribution in [2.75, 3.05) is 26.4 Å². The molecule has 0 spiro atoms. The van der Waals surface area contributed by atoms with E-state index in [1.54, 1.807) is 0 Å². The summed E-state index contributed by atoms with van der Waals surface area (Å²) in [5.41, 5.74) is 0.